The van der Waals surface area contributed by atoms with Gasteiger partial charge in [-0.15, -0.1) is 17.0 Å². The van der Waals surface area contributed by atoms with Crippen molar-refractivity contribution < 1.29 is 4.79 Å². The second-order valence-electron chi connectivity index (χ2n) is 3.17. The third-order valence-electron chi connectivity index (χ3n) is 2.09. The third-order valence-corrected chi connectivity index (χ3v) is 2.09. The summed E-state index contributed by atoms with van der Waals surface area (Å²) < 4.78 is 0. The van der Waals surface area contributed by atoms with Gasteiger partial charge in [-0.1, -0.05) is 0 Å². The molecule has 1 saturated heterocycles. The number of piperidine rings is 1. The van der Waals surface area contributed by atoms with Crippen LogP contribution in [0.2, 0.25) is 0 Å². The van der Waals surface area contributed by atoms with E-state index in [0.717, 1.165) is 25.9 Å². The zero-order valence-electron chi connectivity index (χ0n) is 7.17. The highest BCUT2D eigenvalue weighted by molar-refractivity contribution is 8.93. The molecule has 0 spiro atoms. The summed E-state index contributed by atoms with van der Waals surface area (Å²) in [5, 5.41) is 0. The summed E-state index contributed by atoms with van der Waals surface area (Å²) in [4.78, 5) is 13.2. The number of nitrogens with zero attached hydrogens (tertiary/aromatic N) is 1. The lowest BCUT2D eigenvalue weighted by Gasteiger charge is -2.29. The Hall–Kier alpha value is 0.110. The van der Waals surface area contributed by atoms with E-state index in [1.807, 2.05) is 0 Å². The molecule has 1 aliphatic heterocycles. The van der Waals surface area contributed by atoms with E-state index < -0.39 is 0 Å². The second kappa shape index (κ2) is 4.88. The minimum Gasteiger partial charge on any atom is -0.300 e. The van der Waals surface area contributed by atoms with Gasteiger partial charge in [0.1, 0.15) is 5.78 Å². The van der Waals surface area contributed by atoms with Crippen molar-refractivity contribution in [2.24, 2.45) is 0 Å². The van der Waals surface area contributed by atoms with Crippen molar-refractivity contribution in [1.82, 2.24) is 4.90 Å². The molecule has 0 saturated carbocycles. The topological polar surface area (TPSA) is 20.3 Å². The molecule has 1 aliphatic rings. The fourth-order valence-electron chi connectivity index (χ4n) is 1.29. The monoisotopic (exact) mass is 221 g/mol. The first kappa shape index (κ1) is 11.1. The van der Waals surface area contributed by atoms with Gasteiger partial charge in [0, 0.05) is 32.0 Å². The molecule has 0 aromatic heterocycles. The predicted octanol–water partition coefficient (Wildman–Crippen LogP) is 1.64. The van der Waals surface area contributed by atoms with Gasteiger partial charge in [-0.3, -0.25) is 4.79 Å². The van der Waals surface area contributed by atoms with E-state index in [-0.39, 0.29) is 17.0 Å². The van der Waals surface area contributed by atoms with Gasteiger partial charge in [0.25, 0.3) is 0 Å². The van der Waals surface area contributed by atoms with Crippen molar-refractivity contribution in [2.45, 2.75) is 32.7 Å². The highest BCUT2D eigenvalue weighted by Gasteiger charge is 2.17. The number of Topliss-reactive ketones (excluding diaryl/α,β-unsaturated/α-hetero) is 1. The van der Waals surface area contributed by atoms with Crippen LogP contribution in [0.3, 0.4) is 0 Å². The minimum atomic E-state index is 0. The van der Waals surface area contributed by atoms with E-state index in [1.165, 1.54) is 0 Å². The van der Waals surface area contributed by atoms with Crippen molar-refractivity contribution in [3.8, 4) is 0 Å². The lowest BCUT2D eigenvalue weighted by molar-refractivity contribution is -0.121. The van der Waals surface area contributed by atoms with E-state index in [0.29, 0.717) is 11.8 Å². The van der Waals surface area contributed by atoms with Gasteiger partial charge in [0.15, 0.2) is 0 Å². The predicted molar refractivity (Wildman–Crippen MR) is 51.3 cm³/mol. The lowest BCUT2D eigenvalue weighted by Crippen LogP contribution is -2.38. The molecule has 0 amide bonds. The zero-order valence-corrected chi connectivity index (χ0v) is 8.88. The third kappa shape index (κ3) is 3.34. The summed E-state index contributed by atoms with van der Waals surface area (Å²) >= 11 is 0. The van der Waals surface area contributed by atoms with Crippen LogP contribution in [0.5, 0.6) is 0 Å². The maximum Gasteiger partial charge on any atom is 0.135 e. The SMILES string of the molecule is Br.CC(C)N1CCC(=O)CC1. The molecule has 0 N–H and O–H groups in total. The van der Waals surface area contributed by atoms with Crippen LogP contribution in [-0.2, 0) is 4.79 Å². The first-order valence-corrected chi connectivity index (χ1v) is 3.96. The van der Waals surface area contributed by atoms with E-state index in [2.05, 4.69) is 18.7 Å². The molecule has 3 heteroatoms. The Morgan fingerprint density at radius 2 is 1.73 bits per heavy atom. The average Bonchev–Trinajstić information content (AvgIpc) is 1.88. The summed E-state index contributed by atoms with van der Waals surface area (Å²) in [7, 11) is 0. The van der Waals surface area contributed by atoms with Crippen LogP contribution >= 0.6 is 17.0 Å². The molecule has 11 heavy (non-hydrogen) atoms. The maximum absolute atomic E-state index is 10.8. The number of hydrogen-bond donors (Lipinski definition) is 0. The molecule has 1 heterocycles. The number of ketones is 1. The summed E-state index contributed by atoms with van der Waals surface area (Å²) in [6, 6.07) is 0.605. The van der Waals surface area contributed by atoms with Gasteiger partial charge in [0.05, 0.1) is 0 Å². The molecule has 0 unspecified atom stereocenters. The van der Waals surface area contributed by atoms with E-state index in [9.17, 15) is 4.79 Å². The summed E-state index contributed by atoms with van der Waals surface area (Å²) in [5.41, 5.74) is 0. The Bertz CT molecular complexity index is 126. The van der Waals surface area contributed by atoms with Crippen LogP contribution in [0.15, 0.2) is 0 Å². The van der Waals surface area contributed by atoms with Crippen LogP contribution in [0, 0.1) is 0 Å². The molecule has 2 nitrogen and oxygen atoms in total. The number of likely N-dealkylation sites (tertiary alicyclic amines) is 1. The molecule has 0 aliphatic carbocycles. The Kier molecular flexibility index (Phi) is 4.93. The number of carbonyl (C=O) groups excluding carboxylic acids is 1. The molecule has 0 aromatic rings. The van der Waals surface area contributed by atoms with Gasteiger partial charge < -0.3 is 4.90 Å². The maximum atomic E-state index is 10.8. The van der Waals surface area contributed by atoms with Crippen molar-refractivity contribution in [1.29, 1.82) is 0 Å². The van der Waals surface area contributed by atoms with Crippen LogP contribution < -0.4 is 0 Å². The molecule has 0 aromatic carbocycles. The average molecular weight is 222 g/mol. The fourth-order valence-corrected chi connectivity index (χ4v) is 1.29. The molecule has 0 bridgehead atoms. The minimum absolute atomic E-state index is 0. The summed E-state index contributed by atoms with van der Waals surface area (Å²) in [6.45, 7) is 6.29. The van der Waals surface area contributed by atoms with Crippen LogP contribution in [0.1, 0.15) is 26.7 Å². The van der Waals surface area contributed by atoms with Crippen molar-refractivity contribution in [3.05, 3.63) is 0 Å². The van der Waals surface area contributed by atoms with E-state index in [4.69, 9.17) is 0 Å². The number of carbonyl (C=O) groups is 1. The Morgan fingerprint density at radius 1 is 1.27 bits per heavy atom. The van der Waals surface area contributed by atoms with Gasteiger partial charge >= 0.3 is 0 Å². The molecule has 0 atom stereocenters. The van der Waals surface area contributed by atoms with Crippen molar-refractivity contribution >= 4 is 22.8 Å². The number of hydrogen-bond acceptors (Lipinski definition) is 2. The van der Waals surface area contributed by atoms with Gasteiger partial charge in [-0.2, -0.15) is 0 Å². The fraction of sp³-hybridized carbons (Fsp3) is 0.875. The highest BCUT2D eigenvalue weighted by Crippen LogP contribution is 2.08. The largest absolute Gasteiger partial charge is 0.300 e. The molecule has 66 valence electrons. The van der Waals surface area contributed by atoms with Gasteiger partial charge in [0.2, 0.25) is 0 Å². The quantitative estimate of drug-likeness (QED) is 0.672. The first-order chi connectivity index (χ1) is 4.70. The lowest BCUT2D eigenvalue weighted by atomic mass is 10.1. The summed E-state index contributed by atoms with van der Waals surface area (Å²) in [6.07, 6.45) is 1.52. The van der Waals surface area contributed by atoms with Crippen LogP contribution in [-0.4, -0.2) is 29.8 Å². The molecule has 1 fully saturated rings. The standard InChI is InChI=1S/C8H15NO.BrH/c1-7(2)9-5-3-8(10)4-6-9;/h7H,3-6H2,1-2H3;1H. The first-order valence-electron chi connectivity index (χ1n) is 3.96. The normalized spacial score (nSPS) is 20.1. The molecular formula is C8H16BrNO. The number of rotatable bonds is 1. The smallest absolute Gasteiger partial charge is 0.135 e. The second-order valence-corrected chi connectivity index (χ2v) is 3.17. The van der Waals surface area contributed by atoms with Crippen molar-refractivity contribution in [3.63, 3.8) is 0 Å². The Labute approximate surface area is 78.7 Å². The highest BCUT2D eigenvalue weighted by atomic mass is 79.9. The van der Waals surface area contributed by atoms with Gasteiger partial charge in [-0.05, 0) is 13.8 Å². The molecular weight excluding hydrogens is 206 g/mol. The molecule has 0 radical (unpaired) electrons. The zero-order chi connectivity index (χ0) is 7.56. The Morgan fingerprint density at radius 3 is 2.09 bits per heavy atom. The summed E-state index contributed by atoms with van der Waals surface area (Å²) in [5.74, 6) is 0.428. The van der Waals surface area contributed by atoms with Crippen LogP contribution in [0.4, 0.5) is 0 Å². The van der Waals surface area contributed by atoms with Crippen molar-refractivity contribution in [2.75, 3.05) is 13.1 Å². The Balaban J connectivity index is 0.000001000. The van der Waals surface area contributed by atoms with Gasteiger partial charge in [-0.25, -0.2) is 0 Å². The number of halogens is 1. The van der Waals surface area contributed by atoms with E-state index >= 15 is 0 Å². The van der Waals surface area contributed by atoms with E-state index in [1.54, 1.807) is 0 Å². The van der Waals surface area contributed by atoms with Crippen LogP contribution in [0.25, 0.3) is 0 Å². The molecule has 1 rings (SSSR count).